The maximum Gasteiger partial charge on any atom is 0.0619 e. The second-order valence-electron chi connectivity index (χ2n) is 15.7. The molecule has 242 valence electrons. The minimum atomic E-state index is 0.184. The number of fused-ring (bicyclic) bond motifs is 9. The van der Waals surface area contributed by atoms with Crippen LogP contribution in [0.2, 0.25) is 0 Å². The highest BCUT2D eigenvalue weighted by Gasteiger charge is 2.37. The normalized spacial score (nSPS) is 15.4. The predicted octanol–water partition coefficient (Wildman–Crippen LogP) is 13.0. The van der Waals surface area contributed by atoms with E-state index < -0.39 is 0 Å². The van der Waals surface area contributed by atoms with Gasteiger partial charge in [0.15, 0.2) is 0 Å². The smallest absolute Gasteiger partial charge is 0.0619 e. The van der Waals surface area contributed by atoms with Gasteiger partial charge in [-0.2, -0.15) is 0 Å². The van der Waals surface area contributed by atoms with Crippen molar-refractivity contribution in [1.29, 1.82) is 0 Å². The highest BCUT2D eigenvalue weighted by Crippen LogP contribution is 2.47. The fourth-order valence-corrected chi connectivity index (χ4v) is 8.93. The first-order valence-electron chi connectivity index (χ1n) is 18.0. The topological polar surface area (TPSA) is 9.86 Å². The molecule has 0 amide bonds. The standard InChI is InChI=1S/C48H40N2/c1-47(2)26-27-48(3,4)42-28-33(21-25-41(42)47)31-18-22-35(23-19-31)49-43-17-11-10-16-37(43)39-29-40-38-24-20-32-12-8-9-15-36(32)46(38)50(45(40)30-44(39)49)34-13-6-5-7-14-34/h5-25,28-30H,26-27H2,1-4H3. The molecule has 0 aliphatic heterocycles. The lowest BCUT2D eigenvalue weighted by Gasteiger charge is -2.42. The minimum Gasteiger partial charge on any atom is -0.309 e. The highest BCUT2D eigenvalue weighted by atomic mass is 15.0. The summed E-state index contributed by atoms with van der Waals surface area (Å²) in [5.41, 5.74) is 13.2. The van der Waals surface area contributed by atoms with Gasteiger partial charge >= 0.3 is 0 Å². The third-order valence-electron chi connectivity index (χ3n) is 11.8. The Balaban J connectivity index is 1.20. The third-order valence-corrected chi connectivity index (χ3v) is 11.8. The molecule has 0 saturated heterocycles. The lowest BCUT2D eigenvalue weighted by atomic mass is 9.63. The van der Waals surface area contributed by atoms with Crippen molar-refractivity contribution in [2.45, 2.75) is 51.4 Å². The van der Waals surface area contributed by atoms with E-state index in [-0.39, 0.29) is 10.8 Å². The second-order valence-corrected chi connectivity index (χ2v) is 15.7. The van der Waals surface area contributed by atoms with Crippen LogP contribution in [0.15, 0.2) is 146 Å². The summed E-state index contributed by atoms with van der Waals surface area (Å²) < 4.78 is 4.92. The summed E-state index contributed by atoms with van der Waals surface area (Å²) >= 11 is 0. The summed E-state index contributed by atoms with van der Waals surface area (Å²) in [6, 6.07) is 54.3. The van der Waals surface area contributed by atoms with Gasteiger partial charge in [-0.15, -0.1) is 0 Å². The van der Waals surface area contributed by atoms with Crippen LogP contribution in [-0.4, -0.2) is 9.13 Å². The number of benzene rings is 7. The van der Waals surface area contributed by atoms with Crippen LogP contribution in [0.1, 0.15) is 51.7 Å². The molecule has 2 aromatic heterocycles. The van der Waals surface area contributed by atoms with E-state index in [0.717, 1.165) is 0 Å². The van der Waals surface area contributed by atoms with Crippen molar-refractivity contribution in [1.82, 2.24) is 9.13 Å². The van der Waals surface area contributed by atoms with E-state index in [1.54, 1.807) is 0 Å². The summed E-state index contributed by atoms with van der Waals surface area (Å²) in [5, 5.41) is 7.63. The third kappa shape index (κ3) is 4.21. The van der Waals surface area contributed by atoms with Gasteiger partial charge in [0.1, 0.15) is 0 Å². The molecule has 0 spiro atoms. The van der Waals surface area contributed by atoms with Crippen molar-refractivity contribution in [2.75, 3.05) is 0 Å². The van der Waals surface area contributed by atoms with Crippen molar-refractivity contribution in [3.8, 4) is 22.5 Å². The summed E-state index contributed by atoms with van der Waals surface area (Å²) in [6.07, 6.45) is 2.45. The van der Waals surface area contributed by atoms with Crippen molar-refractivity contribution in [3.05, 3.63) is 157 Å². The van der Waals surface area contributed by atoms with E-state index in [0.29, 0.717) is 0 Å². The number of nitrogens with zero attached hydrogens (tertiary/aromatic N) is 2. The van der Waals surface area contributed by atoms with E-state index in [1.807, 2.05) is 0 Å². The van der Waals surface area contributed by atoms with Crippen LogP contribution in [0, 0.1) is 0 Å². The van der Waals surface area contributed by atoms with Crippen LogP contribution in [-0.2, 0) is 10.8 Å². The fraction of sp³-hybridized carbons (Fsp3) is 0.167. The first-order valence-corrected chi connectivity index (χ1v) is 18.0. The Morgan fingerprint density at radius 3 is 1.82 bits per heavy atom. The Labute approximate surface area is 293 Å². The molecule has 0 fully saturated rings. The van der Waals surface area contributed by atoms with Crippen LogP contribution in [0.25, 0.3) is 76.9 Å². The largest absolute Gasteiger partial charge is 0.309 e. The second kappa shape index (κ2) is 10.5. The van der Waals surface area contributed by atoms with Gasteiger partial charge < -0.3 is 9.13 Å². The number of rotatable bonds is 3. The molecule has 9 aromatic rings. The number of para-hydroxylation sites is 2. The van der Waals surface area contributed by atoms with E-state index >= 15 is 0 Å². The monoisotopic (exact) mass is 644 g/mol. The first kappa shape index (κ1) is 29.3. The summed E-state index contributed by atoms with van der Waals surface area (Å²) in [5.74, 6) is 0. The molecule has 0 bridgehead atoms. The molecule has 2 nitrogen and oxygen atoms in total. The summed E-state index contributed by atoms with van der Waals surface area (Å²) in [6.45, 7) is 9.62. The number of aromatic nitrogens is 2. The van der Waals surface area contributed by atoms with Gasteiger partial charge in [0.2, 0.25) is 0 Å². The Morgan fingerprint density at radius 2 is 1.02 bits per heavy atom. The predicted molar refractivity (Wildman–Crippen MR) is 213 cm³/mol. The van der Waals surface area contributed by atoms with Gasteiger partial charge in [-0.3, -0.25) is 0 Å². The average molecular weight is 645 g/mol. The van der Waals surface area contributed by atoms with Crippen LogP contribution in [0.4, 0.5) is 0 Å². The van der Waals surface area contributed by atoms with E-state index in [1.165, 1.54) is 101 Å². The van der Waals surface area contributed by atoms with Crippen LogP contribution in [0.5, 0.6) is 0 Å². The fourth-order valence-electron chi connectivity index (χ4n) is 8.93. The summed E-state index contributed by atoms with van der Waals surface area (Å²) in [7, 11) is 0. The number of hydrogen-bond donors (Lipinski definition) is 0. The van der Waals surface area contributed by atoms with Crippen molar-refractivity contribution >= 4 is 54.4 Å². The van der Waals surface area contributed by atoms with E-state index in [4.69, 9.17) is 0 Å². The Kier molecular flexibility index (Phi) is 6.13. The zero-order chi connectivity index (χ0) is 33.8. The van der Waals surface area contributed by atoms with Gasteiger partial charge in [-0.05, 0) is 93.8 Å². The molecular formula is C48H40N2. The molecule has 0 N–H and O–H groups in total. The molecule has 0 unspecified atom stereocenters. The molecule has 2 heteroatoms. The molecule has 0 radical (unpaired) electrons. The Bertz CT molecular complexity index is 2790. The maximum atomic E-state index is 2.47. The molecule has 2 heterocycles. The molecule has 7 aromatic carbocycles. The van der Waals surface area contributed by atoms with Gasteiger partial charge in [-0.25, -0.2) is 0 Å². The minimum absolute atomic E-state index is 0.184. The molecule has 10 rings (SSSR count). The first-order chi connectivity index (χ1) is 24.3. The van der Waals surface area contributed by atoms with Crippen molar-refractivity contribution in [2.24, 2.45) is 0 Å². The maximum absolute atomic E-state index is 2.47. The van der Waals surface area contributed by atoms with Gasteiger partial charge in [-0.1, -0.05) is 131 Å². The molecule has 0 saturated carbocycles. The molecule has 0 atom stereocenters. The number of hydrogen-bond acceptors (Lipinski definition) is 0. The SMILES string of the molecule is CC1(C)CCC(C)(C)c2cc(-c3ccc(-n4c5ccccc5c5cc6c7ccc8ccccc8c7n(-c7ccccc7)c6cc54)cc3)ccc21. The van der Waals surface area contributed by atoms with Crippen LogP contribution < -0.4 is 0 Å². The average Bonchev–Trinajstić information content (AvgIpc) is 3.65. The molecule has 1 aliphatic rings. The quantitative estimate of drug-likeness (QED) is 0.181. The van der Waals surface area contributed by atoms with Crippen LogP contribution >= 0.6 is 0 Å². The molecular weight excluding hydrogens is 605 g/mol. The molecule has 50 heavy (non-hydrogen) atoms. The van der Waals surface area contributed by atoms with E-state index in [9.17, 15) is 0 Å². The summed E-state index contributed by atoms with van der Waals surface area (Å²) in [4.78, 5) is 0. The van der Waals surface area contributed by atoms with Gasteiger partial charge in [0.05, 0.1) is 22.1 Å². The Morgan fingerprint density at radius 1 is 0.400 bits per heavy atom. The highest BCUT2D eigenvalue weighted by molar-refractivity contribution is 6.23. The zero-order valence-corrected chi connectivity index (χ0v) is 29.2. The zero-order valence-electron chi connectivity index (χ0n) is 29.2. The van der Waals surface area contributed by atoms with Crippen molar-refractivity contribution in [3.63, 3.8) is 0 Å². The molecule has 1 aliphatic carbocycles. The van der Waals surface area contributed by atoms with Gasteiger partial charge in [0, 0.05) is 38.3 Å². The van der Waals surface area contributed by atoms with Crippen LogP contribution in [0.3, 0.4) is 0 Å². The van der Waals surface area contributed by atoms with Gasteiger partial charge in [0.25, 0.3) is 0 Å². The lowest BCUT2D eigenvalue weighted by Crippen LogP contribution is -2.33. The van der Waals surface area contributed by atoms with E-state index in [2.05, 4.69) is 182 Å². The van der Waals surface area contributed by atoms with Crippen molar-refractivity contribution < 1.29 is 0 Å². The lowest BCUT2D eigenvalue weighted by molar-refractivity contribution is 0.332. The Hall–Kier alpha value is -5.60.